The first-order valence-electron chi connectivity index (χ1n) is 6.93. The van der Waals surface area contributed by atoms with Gasteiger partial charge in [-0.25, -0.2) is 0 Å². The summed E-state index contributed by atoms with van der Waals surface area (Å²) in [4.78, 5) is 4.21. The van der Waals surface area contributed by atoms with Crippen LogP contribution in [0.5, 0.6) is 0 Å². The highest BCUT2D eigenvalue weighted by atomic mass is 14.9. The van der Waals surface area contributed by atoms with Crippen LogP contribution in [0.15, 0.2) is 36.7 Å². The average Bonchev–Trinajstić information content (AvgIpc) is 2.38. The van der Waals surface area contributed by atoms with Crippen molar-refractivity contribution < 1.29 is 0 Å². The molecule has 0 spiro atoms. The molecular weight excluding hydrogens is 220 g/mol. The molecule has 94 valence electrons. The van der Waals surface area contributed by atoms with E-state index in [1.54, 1.807) is 0 Å². The number of rotatable bonds is 4. The van der Waals surface area contributed by atoms with Gasteiger partial charge < -0.3 is 5.32 Å². The quantitative estimate of drug-likeness (QED) is 0.886. The lowest BCUT2D eigenvalue weighted by atomic mass is 9.69. The zero-order chi connectivity index (χ0) is 12.4. The number of pyridine rings is 1. The first-order chi connectivity index (χ1) is 8.90. The molecule has 1 aromatic heterocycles. The molecular formula is C16H20N2. The Morgan fingerprint density at radius 1 is 1.28 bits per heavy atom. The molecule has 1 aliphatic rings. The van der Waals surface area contributed by atoms with Crippen LogP contribution >= 0.6 is 0 Å². The summed E-state index contributed by atoms with van der Waals surface area (Å²) in [5.74, 6) is 1.54. The summed E-state index contributed by atoms with van der Waals surface area (Å²) in [5, 5.41) is 6.14. The van der Waals surface area contributed by atoms with Crippen molar-refractivity contribution >= 4 is 10.8 Å². The number of nitrogens with zero attached hydrogens (tertiary/aromatic N) is 1. The number of aromatic nitrogens is 1. The van der Waals surface area contributed by atoms with Gasteiger partial charge in [0.2, 0.25) is 0 Å². The van der Waals surface area contributed by atoms with E-state index in [2.05, 4.69) is 41.5 Å². The molecule has 2 nitrogen and oxygen atoms in total. The first kappa shape index (κ1) is 11.7. The minimum absolute atomic E-state index is 0.732. The van der Waals surface area contributed by atoms with Crippen molar-refractivity contribution in [2.24, 2.45) is 5.92 Å². The van der Waals surface area contributed by atoms with Gasteiger partial charge in [0.1, 0.15) is 0 Å². The van der Waals surface area contributed by atoms with Crippen molar-refractivity contribution in [1.29, 1.82) is 0 Å². The van der Waals surface area contributed by atoms with E-state index in [1.807, 2.05) is 12.4 Å². The van der Waals surface area contributed by atoms with Crippen LogP contribution in [0.1, 0.15) is 31.2 Å². The van der Waals surface area contributed by atoms with Crippen molar-refractivity contribution in [2.75, 3.05) is 13.1 Å². The van der Waals surface area contributed by atoms with Gasteiger partial charge in [-0.1, -0.05) is 25.1 Å². The Labute approximate surface area is 108 Å². The summed E-state index contributed by atoms with van der Waals surface area (Å²) >= 11 is 0. The normalized spacial score (nSPS) is 22.9. The molecule has 0 bridgehead atoms. The van der Waals surface area contributed by atoms with Crippen molar-refractivity contribution in [3.05, 3.63) is 42.2 Å². The van der Waals surface area contributed by atoms with Crippen LogP contribution in [0.25, 0.3) is 10.8 Å². The molecule has 2 heteroatoms. The standard InChI is InChI=1S/C16H20N2/c1-2-17-10-13-6-7-14(13)16-5-3-4-12-11-18-9-8-15(12)16/h3-5,8-9,11,13-14,17H,2,6-7,10H2,1H3. The van der Waals surface area contributed by atoms with E-state index < -0.39 is 0 Å². The molecule has 18 heavy (non-hydrogen) atoms. The van der Waals surface area contributed by atoms with Gasteiger partial charge >= 0.3 is 0 Å². The van der Waals surface area contributed by atoms with Crippen LogP contribution in [0.4, 0.5) is 0 Å². The molecule has 1 fully saturated rings. The third-order valence-electron chi connectivity index (χ3n) is 4.19. The van der Waals surface area contributed by atoms with E-state index in [0.717, 1.165) is 24.9 Å². The molecule has 0 amide bonds. The third kappa shape index (κ3) is 2.01. The van der Waals surface area contributed by atoms with Gasteiger partial charge in [-0.15, -0.1) is 0 Å². The van der Waals surface area contributed by atoms with Crippen LogP contribution in [0, 0.1) is 5.92 Å². The smallest absolute Gasteiger partial charge is 0.0346 e. The van der Waals surface area contributed by atoms with Crippen LogP contribution in [0.3, 0.4) is 0 Å². The van der Waals surface area contributed by atoms with Gasteiger partial charge in [0.05, 0.1) is 0 Å². The molecule has 2 unspecified atom stereocenters. The summed E-state index contributed by atoms with van der Waals surface area (Å²) in [6.07, 6.45) is 6.57. The van der Waals surface area contributed by atoms with Crippen LogP contribution in [-0.2, 0) is 0 Å². The molecule has 1 saturated carbocycles. The van der Waals surface area contributed by atoms with Crippen molar-refractivity contribution in [1.82, 2.24) is 10.3 Å². The maximum Gasteiger partial charge on any atom is 0.0346 e. The zero-order valence-electron chi connectivity index (χ0n) is 10.9. The lowest BCUT2D eigenvalue weighted by Gasteiger charge is -2.38. The summed E-state index contributed by atoms with van der Waals surface area (Å²) in [6.45, 7) is 4.41. The van der Waals surface area contributed by atoms with E-state index in [9.17, 15) is 0 Å². The predicted octanol–water partition coefficient (Wildman–Crippen LogP) is 3.34. The summed E-state index contributed by atoms with van der Waals surface area (Å²) in [6, 6.07) is 8.78. The van der Waals surface area contributed by atoms with Crippen molar-refractivity contribution in [3.63, 3.8) is 0 Å². The van der Waals surface area contributed by atoms with Gasteiger partial charge in [0, 0.05) is 17.8 Å². The van der Waals surface area contributed by atoms with Crippen LogP contribution in [0.2, 0.25) is 0 Å². The highest BCUT2D eigenvalue weighted by Crippen LogP contribution is 2.44. The fourth-order valence-corrected chi connectivity index (χ4v) is 3.02. The number of hydrogen-bond acceptors (Lipinski definition) is 2. The van der Waals surface area contributed by atoms with Crippen LogP contribution < -0.4 is 5.32 Å². The lowest BCUT2D eigenvalue weighted by Crippen LogP contribution is -2.33. The maximum absolute atomic E-state index is 4.21. The number of nitrogens with one attached hydrogen (secondary N) is 1. The Morgan fingerprint density at radius 3 is 3.00 bits per heavy atom. The highest BCUT2D eigenvalue weighted by Gasteiger charge is 2.32. The molecule has 1 heterocycles. The highest BCUT2D eigenvalue weighted by molar-refractivity contribution is 5.85. The third-order valence-corrected chi connectivity index (χ3v) is 4.19. The molecule has 2 aromatic rings. The van der Waals surface area contributed by atoms with Gasteiger partial charge in [-0.05, 0) is 54.8 Å². The minimum atomic E-state index is 0.732. The second-order valence-electron chi connectivity index (χ2n) is 5.20. The van der Waals surface area contributed by atoms with E-state index >= 15 is 0 Å². The summed E-state index contributed by atoms with van der Waals surface area (Å²) < 4.78 is 0. The number of fused-ring (bicyclic) bond motifs is 1. The second-order valence-corrected chi connectivity index (χ2v) is 5.20. The molecule has 1 N–H and O–H groups in total. The largest absolute Gasteiger partial charge is 0.317 e. The zero-order valence-corrected chi connectivity index (χ0v) is 10.9. The Morgan fingerprint density at radius 2 is 2.22 bits per heavy atom. The Hall–Kier alpha value is -1.41. The van der Waals surface area contributed by atoms with Gasteiger partial charge in [-0.2, -0.15) is 0 Å². The fraction of sp³-hybridized carbons (Fsp3) is 0.438. The molecule has 0 radical (unpaired) electrons. The lowest BCUT2D eigenvalue weighted by molar-refractivity contribution is 0.249. The van der Waals surface area contributed by atoms with Crippen molar-refractivity contribution in [2.45, 2.75) is 25.7 Å². The van der Waals surface area contributed by atoms with Gasteiger partial charge in [-0.3, -0.25) is 4.98 Å². The SMILES string of the molecule is CCNCC1CCC1c1cccc2cnccc12. The van der Waals surface area contributed by atoms with Crippen LogP contribution in [-0.4, -0.2) is 18.1 Å². The monoisotopic (exact) mass is 240 g/mol. The fourth-order valence-electron chi connectivity index (χ4n) is 3.02. The Kier molecular flexibility index (Phi) is 3.28. The van der Waals surface area contributed by atoms with E-state index in [1.165, 1.54) is 29.2 Å². The Bertz CT molecular complexity index is 530. The molecule has 2 atom stereocenters. The molecule has 1 aromatic carbocycles. The molecule has 0 saturated heterocycles. The van der Waals surface area contributed by atoms with E-state index in [0.29, 0.717) is 0 Å². The molecule has 1 aliphatic carbocycles. The first-order valence-corrected chi connectivity index (χ1v) is 6.93. The van der Waals surface area contributed by atoms with E-state index in [-0.39, 0.29) is 0 Å². The topological polar surface area (TPSA) is 24.9 Å². The second kappa shape index (κ2) is 5.07. The minimum Gasteiger partial charge on any atom is -0.317 e. The molecule has 3 rings (SSSR count). The number of hydrogen-bond donors (Lipinski definition) is 1. The predicted molar refractivity (Wildman–Crippen MR) is 75.8 cm³/mol. The van der Waals surface area contributed by atoms with Crippen molar-refractivity contribution in [3.8, 4) is 0 Å². The van der Waals surface area contributed by atoms with E-state index in [4.69, 9.17) is 0 Å². The Balaban J connectivity index is 1.90. The van der Waals surface area contributed by atoms with Gasteiger partial charge in [0.25, 0.3) is 0 Å². The van der Waals surface area contributed by atoms with Gasteiger partial charge in [0.15, 0.2) is 0 Å². The molecule has 0 aliphatic heterocycles. The summed E-state index contributed by atoms with van der Waals surface area (Å²) in [5.41, 5.74) is 1.52. The summed E-state index contributed by atoms with van der Waals surface area (Å²) in [7, 11) is 0. The maximum atomic E-state index is 4.21. The number of benzene rings is 1. The average molecular weight is 240 g/mol.